The van der Waals surface area contributed by atoms with E-state index in [-0.39, 0.29) is 23.7 Å². The van der Waals surface area contributed by atoms with E-state index in [1.165, 1.54) is 5.69 Å². The van der Waals surface area contributed by atoms with Crippen LogP contribution in [-0.2, 0) is 9.47 Å². The smallest absolute Gasteiger partial charge is 0.127 e. The van der Waals surface area contributed by atoms with Crippen molar-refractivity contribution in [3.8, 4) is 5.75 Å². The van der Waals surface area contributed by atoms with Gasteiger partial charge in [-0.1, -0.05) is 13.0 Å². The molecule has 5 atom stereocenters. The maximum Gasteiger partial charge on any atom is 0.127 e. The van der Waals surface area contributed by atoms with E-state index in [1.54, 1.807) is 0 Å². The lowest BCUT2D eigenvalue weighted by Gasteiger charge is -2.53. The van der Waals surface area contributed by atoms with Gasteiger partial charge in [0.05, 0.1) is 37.6 Å². The minimum Gasteiger partial charge on any atom is -0.493 e. The average molecular weight is 390 g/mol. The lowest BCUT2D eigenvalue weighted by Crippen LogP contribution is -2.52. The number of fused-ring (bicyclic) bond motifs is 2. The number of hydrogen-bond acceptors (Lipinski definition) is 5. The van der Waals surface area contributed by atoms with Crippen LogP contribution in [0.1, 0.15) is 52.2 Å². The zero-order valence-corrected chi connectivity index (χ0v) is 17.7. The summed E-state index contributed by atoms with van der Waals surface area (Å²) in [6, 6.07) is 6.54. The molecule has 3 aliphatic rings. The van der Waals surface area contributed by atoms with E-state index in [9.17, 15) is 5.11 Å². The molecule has 1 aromatic rings. The van der Waals surface area contributed by atoms with Crippen molar-refractivity contribution in [3.63, 3.8) is 0 Å². The SMILES string of the molecule is CCOc1cc(N2CCOCC2)ccc1[C@@H]1OC(C)(C)[C@H]2C[C@H]1[C@H](C)[C@@H](O)C2. The Morgan fingerprint density at radius 2 is 1.96 bits per heavy atom. The first-order chi connectivity index (χ1) is 13.4. The third-order valence-electron chi connectivity index (χ3n) is 7.15. The van der Waals surface area contributed by atoms with Crippen molar-refractivity contribution in [2.24, 2.45) is 17.8 Å². The highest BCUT2D eigenvalue weighted by molar-refractivity contribution is 5.55. The summed E-state index contributed by atoms with van der Waals surface area (Å²) in [6.45, 7) is 12.5. The molecule has 1 aliphatic carbocycles. The first kappa shape index (κ1) is 20.0. The van der Waals surface area contributed by atoms with Gasteiger partial charge in [-0.25, -0.2) is 0 Å². The van der Waals surface area contributed by atoms with Gasteiger partial charge in [0.15, 0.2) is 0 Å². The number of hydrogen-bond donors (Lipinski definition) is 1. The fourth-order valence-corrected chi connectivity index (χ4v) is 5.26. The van der Waals surface area contributed by atoms with Crippen molar-refractivity contribution in [1.82, 2.24) is 0 Å². The molecule has 2 heterocycles. The molecule has 1 saturated carbocycles. The van der Waals surface area contributed by atoms with Crippen LogP contribution < -0.4 is 9.64 Å². The molecule has 0 unspecified atom stereocenters. The van der Waals surface area contributed by atoms with Crippen molar-refractivity contribution in [1.29, 1.82) is 0 Å². The monoisotopic (exact) mass is 389 g/mol. The Morgan fingerprint density at radius 1 is 1.21 bits per heavy atom. The van der Waals surface area contributed by atoms with Crippen molar-refractivity contribution in [3.05, 3.63) is 23.8 Å². The van der Waals surface area contributed by atoms with Crippen LogP contribution in [0.2, 0.25) is 0 Å². The first-order valence-corrected chi connectivity index (χ1v) is 10.9. The normalized spacial score (nSPS) is 34.9. The molecule has 0 radical (unpaired) electrons. The van der Waals surface area contributed by atoms with Crippen molar-refractivity contribution >= 4 is 5.69 Å². The topological polar surface area (TPSA) is 51.2 Å². The van der Waals surface area contributed by atoms with Crippen LogP contribution in [0.15, 0.2) is 18.2 Å². The number of morpholine rings is 1. The first-order valence-electron chi connectivity index (χ1n) is 10.9. The number of anilines is 1. The van der Waals surface area contributed by atoms with E-state index in [1.807, 2.05) is 6.92 Å². The molecule has 28 heavy (non-hydrogen) atoms. The van der Waals surface area contributed by atoms with Crippen LogP contribution >= 0.6 is 0 Å². The van der Waals surface area contributed by atoms with Gasteiger partial charge in [-0.2, -0.15) is 0 Å². The second kappa shape index (κ2) is 7.85. The van der Waals surface area contributed by atoms with Crippen LogP contribution in [0.25, 0.3) is 0 Å². The second-order valence-corrected chi connectivity index (χ2v) is 9.16. The summed E-state index contributed by atoms with van der Waals surface area (Å²) >= 11 is 0. The summed E-state index contributed by atoms with van der Waals surface area (Å²) in [6.07, 6.45) is 1.65. The van der Waals surface area contributed by atoms with Crippen LogP contribution in [0.4, 0.5) is 5.69 Å². The Balaban J connectivity index is 1.68. The number of rotatable bonds is 4. The molecule has 2 saturated heterocycles. The molecular formula is C23H35NO4. The number of aliphatic hydroxyl groups excluding tert-OH is 1. The minimum absolute atomic E-state index is 0.0449. The molecule has 156 valence electrons. The quantitative estimate of drug-likeness (QED) is 0.849. The molecule has 1 N–H and O–H groups in total. The number of aliphatic hydroxyl groups is 1. The molecule has 2 aliphatic heterocycles. The third kappa shape index (κ3) is 3.64. The van der Waals surface area contributed by atoms with Crippen LogP contribution in [-0.4, -0.2) is 49.7 Å². The predicted molar refractivity (Wildman–Crippen MR) is 110 cm³/mol. The van der Waals surface area contributed by atoms with Gasteiger partial charge in [-0.3, -0.25) is 0 Å². The maximum atomic E-state index is 10.7. The molecule has 0 spiro atoms. The fourth-order valence-electron chi connectivity index (χ4n) is 5.26. The van der Waals surface area contributed by atoms with Gasteiger partial charge in [-0.15, -0.1) is 0 Å². The van der Waals surface area contributed by atoms with Gasteiger partial charge in [0.1, 0.15) is 5.75 Å². The van der Waals surface area contributed by atoms with E-state index < -0.39 is 0 Å². The fraction of sp³-hybridized carbons (Fsp3) is 0.739. The molecule has 2 bridgehead atoms. The summed E-state index contributed by atoms with van der Waals surface area (Å²) in [5.74, 6) is 1.86. The van der Waals surface area contributed by atoms with Crippen LogP contribution in [0.5, 0.6) is 5.75 Å². The highest BCUT2D eigenvalue weighted by Crippen LogP contribution is 2.54. The van der Waals surface area contributed by atoms with Crippen LogP contribution in [0, 0.1) is 17.8 Å². The van der Waals surface area contributed by atoms with Crippen LogP contribution in [0.3, 0.4) is 0 Å². The predicted octanol–water partition coefficient (Wildman–Crippen LogP) is 3.80. The highest BCUT2D eigenvalue weighted by atomic mass is 16.5. The van der Waals surface area contributed by atoms with E-state index in [2.05, 4.69) is 43.9 Å². The van der Waals surface area contributed by atoms with Crippen molar-refractivity contribution in [2.75, 3.05) is 37.8 Å². The molecule has 1 aromatic carbocycles. The number of nitrogens with zero attached hydrogens (tertiary/aromatic N) is 1. The molecule has 0 aromatic heterocycles. The van der Waals surface area contributed by atoms with E-state index in [0.29, 0.717) is 18.4 Å². The summed E-state index contributed by atoms with van der Waals surface area (Å²) < 4.78 is 18.3. The summed E-state index contributed by atoms with van der Waals surface area (Å²) in [5, 5.41) is 10.7. The number of benzene rings is 1. The van der Waals surface area contributed by atoms with E-state index in [0.717, 1.165) is 50.5 Å². The molecule has 5 nitrogen and oxygen atoms in total. The number of ether oxygens (including phenoxy) is 3. The Labute approximate surface area is 169 Å². The zero-order valence-electron chi connectivity index (χ0n) is 17.7. The lowest BCUT2D eigenvalue weighted by atomic mass is 9.63. The largest absolute Gasteiger partial charge is 0.493 e. The van der Waals surface area contributed by atoms with Gasteiger partial charge in [-0.05, 0) is 57.4 Å². The minimum atomic E-state index is -0.252. The summed E-state index contributed by atoms with van der Waals surface area (Å²) in [5.41, 5.74) is 2.06. The Bertz CT molecular complexity index is 685. The highest BCUT2D eigenvalue weighted by Gasteiger charge is 2.51. The molecule has 4 rings (SSSR count). The maximum absolute atomic E-state index is 10.7. The van der Waals surface area contributed by atoms with E-state index >= 15 is 0 Å². The van der Waals surface area contributed by atoms with Crippen molar-refractivity contribution in [2.45, 2.75) is 58.3 Å². The van der Waals surface area contributed by atoms with Gasteiger partial charge in [0.2, 0.25) is 0 Å². The van der Waals surface area contributed by atoms with Gasteiger partial charge >= 0.3 is 0 Å². The molecule has 0 amide bonds. The summed E-state index contributed by atoms with van der Waals surface area (Å²) in [4.78, 5) is 2.35. The van der Waals surface area contributed by atoms with Crippen molar-refractivity contribution < 1.29 is 19.3 Å². The van der Waals surface area contributed by atoms with Gasteiger partial charge in [0.25, 0.3) is 0 Å². The van der Waals surface area contributed by atoms with Gasteiger partial charge in [0, 0.05) is 30.4 Å². The second-order valence-electron chi connectivity index (χ2n) is 9.16. The lowest BCUT2D eigenvalue weighted by molar-refractivity contribution is -0.215. The average Bonchev–Trinajstić information content (AvgIpc) is 2.69. The Morgan fingerprint density at radius 3 is 2.68 bits per heavy atom. The Hall–Kier alpha value is -1.30. The summed E-state index contributed by atoms with van der Waals surface area (Å²) in [7, 11) is 0. The molecule has 3 fully saturated rings. The Kier molecular flexibility index (Phi) is 5.60. The zero-order chi connectivity index (χ0) is 19.9. The van der Waals surface area contributed by atoms with Gasteiger partial charge < -0.3 is 24.2 Å². The molecular weight excluding hydrogens is 354 g/mol. The van der Waals surface area contributed by atoms with E-state index in [4.69, 9.17) is 14.2 Å². The standard InChI is InChI=1S/C23H35NO4/c1-5-27-21-14-17(24-8-10-26-11-9-24)6-7-18(21)22-19-12-16(23(3,4)28-22)13-20(25)15(19)2/h6-7,14-16,19-20,22,25H,5,8-13H2,1-4H3/t15-,16-,19-,20-,22-/m0/s1. The molecule has 5 heteroatoms. The third-order valence-corrected chi connectivity index (χ3v) is 7.15.